The minimum Gasteiger partial charge on any atom is -0.364 e. The number of benzene rings is 2. The molecule has 0 aliphatic carbocycles. The molecule has 2 heterocycles. The van der Waals surface area contributed by atoms with Crippen molar-refractivity contribution < 1.29 is 9.59 Å². The number of primary amides is 1. The fourth-order valence-electron chi connectivity index (χ4n) is 2.82. The van der Waals surface area contributed by atoms with Crippen molar-refractivity contribution in [2.75, 3.05) is 5.32 Å². The minimum atomic E-state index is -0.582. The first kappa shape index (κ1) is 18.2. The summed E-state index contributed by atoms with van der Waals surface area (Å²) >= 11 is 0. The first-order valence-electron chi connectivity index (χ1n) is 8.88. The van der Waals surface area contributed by atoms with E-state index in [2.05, 4.69) is 15.5 Å². The van der Waals surface area contributed by atoms with E-state index in [0.717, 1.165) is 16.9 Å². The number of nitrogens with one attached hydrogen (secondary N) is 1. The number of aryl methyl sites for hydroxylation is 1. The fourth-order valence-corrected chi connectivity index (χ4v) is 2.82. The third-order valence-corrected chi connectivity index (χ3v) is 4.34. The van der Waals surface area contributed by atoms with Gasteiger partial charge in [0.1, 0.15) is 5.69 Å². The molecule has 0 saturated heterocycles. The number of rotatable bonds is 5. The molecule has 0 bridgehead atoms. The topological polar surface area (TPSA) is 108 Å². The van der Waals surface area contributed by atoms with E-state index in [0.29, 0.717) is 11.3 Å². The quantitative estimate of drug-likeness (QED) is 0.550. The maximum Gasteiger partial charge on any atom is 0.269 e. The summed E-state index contributed by atoms with van der Waals surface area (Å²) in [4.78, 5) is 23.6. The van der Waals surface area contributed by atoms with Gasteiger partial charge in [-0.25, -0.2) is 9.36 Å². The highest BCUT2D eigenvalue weighted by Gasteiger charge is 2.09. The van der Waals surface area contributed by atoms with Gasteiger partial charge in [-0.1, -0.05) is 0 Å². The number of hydrogen-bond donors (Lipinski definition) is 2. The molecule has 0 fully saturated rings. The van der Waals surface area contributed by atoms with Crippen molar-refractivity contribution in [2.24, 2.45) is 5.73 Å². The van der Waals surface area contributed by atoms with Gasteiger partial charge in [0, 0.05) is 23.6 Å². The molecule has 2 aromatic heterocycles. The Bertz CT molecular complexity index is 1170. The SMILES string of the molecule is Cc1cnn(-c2ccc(C(=O)Nc3ccc(-n4ccc(C(N)=O)n4)cc3)cc2)c1. The van der Waals surface area contributed by atoms with Crippen LogP contribution in [-0.2, 0) is 0 Å². The zero-order valence-electron chi connectivity index (χ0n) is 15.6. The molecule has 0 unspecified atom stereocenters. The maximum atomic E-state index is 12.5. The van der Waals surface area contributed by atoms with Gasteiger partial charge in [-0.3, -0.25) is 9.59 Å². The molecule has 0 spiro atoms. The van der Waals surface area contributed by atoms with Gasteiger partial charge < -0.3 is 11.1 Å². The van der Waals surface area contributed by atoms with Crippen LogP contribution in [0.2, 0.25) is 0 Å². The summed E-state index contributed by atoms with van der Waals surface area (Å²) in [7, 11) is 0. The zero-order valence-corrected chi connectivity index (χ0v) is 15.6. The molecule has 4 rings (SSSR count). The Hall–Kier alpha value is -4.20. The number of amides is 2. The van der Waals surface area contributed by atoms with Gasteiger partial charge in [0.25, 0.3) is 11.8 Å². The highest BCUT2D eigenvalue weighted by Crippen LogP contribution is 2.16. The van der Waals surface area contributed by atoms with Gasteiger partial charge >= 0.3 is 0 Å². The Morgan fingerprint density at radius 2 is 1.59 bits per heavy atom. The summed E-state index contributed by atoms with van der Waals surface area (Å²) in [5.74, 6) is -0.794. The Morgan fingerprint density at radius 3 is 2.17 bits per heavy atom. The van der Waals surface area contributed by atoms with E-state index in [1.807, 2.05) is 25.3 Å². The van der Waals surface area contributed by atoms with Gasteiger partial charge in [-0.2, -0.15) is 10.2 Å². The van der Waals surface area contributed by atoms with E-state index in [9.17, 15) is 9.59 Å². The number of carbonyl (C=O) groups is 2. The first-order chi connectivity index (χ1) is 14.0. The number of nitrogens with two attached hydrogens (primary N) is 1. The molecule has 2 aromatic carbocycles. The molecule has 0 aliphatic rings. The molecule has 8 nitrogen and oxygen atoms in total. The van der Waals surface area contributed by atoms with Crippen molar-refractivity contribution in [1.82, 2.24) is 19.6 Å². The maximum absolute atomic E-state index is 12.5. The van der Waals surface area contributed by atoms with Crippen LogP contribution in [0.25, 0.3) is 11.4 Å². The Kier molecular flexibility index (Phi) is 4.66. The van der Waals surface area contributed by atoms with Gasteiger partial charge in [-0.05, 0) is 67.1 Å². The average molecular weight is 386 g/mol. The second-order valence-electron chi connectivity index (χ2n) is 6.52. The molecule has 0 atom stereocenters. The van der Waals surface area contributed by atoms with Crippen molar-refractivity contribution in [3.63, 3.8) is 0 Å². The molecule has 0 saturated carbocycles. The minimum absolute atomic E-state index is 0.191. The Balaban J connectivity index is 1.44. The molecule has 4 aromatic rings. The molecule has 0 aliphatic heterocycles. The lowest BCUT2D eigenvalue weighted by atomic mass is 10.2. The third-order valence-electron chi connectivity index (χ3n) is 4.34. The largest absolute Gasteiger partial charge is 0.364 e. The van der Waals surface area contributed by atoms with Crippen molar-refractivity contribution in [3.8, 4) is 11.4 Å². The van der Waals surface area contributed by atoms with Crippen molar-refractivity contribution in [2.45, 2.75) is 6.92 Å². The summed E-state index contributed by atoms with van der Waals surface area (Å²) in [6.45, 7) is 1.97. The molecular formula is C21H18N6O2. The molecule has 2 amide bonds. The normalized spacial score (nSPS) is 10.7. The van der Waals surface area contributed by atoms with E-state index < -0.39 is 5.91 Å². The van der Waals surface area contributed by atoms with E-state index in [4.69, 9.17) is 5.73 Å². The van der Waals surface area contributed by atoms with Crippen LogP contribution in [-0.4, -0.2) is 31.4 Å². The van der Waals surface area contributed by atoms with Crippen molar-refractivity contribution >= 4 is 17.5 Å². The highest BCUT2D eigenvalue weighted by atomic mass is 16.2. The number of hydrogen-bond acceptors (Lipinski definition) is 4. The van der Waals surface area contributed by atoms with Crippen LogP contribution in [0.1, 0.15) is 26.4 Å². The van der Waals surface area contributed by atoms with Gasteiger partial charge in [0.05, 0.1) is 17.6 Å². The summed E-state index contributed by atoms with van der Waals surface area (Å²) < 4.78 is 3.30. The smallest absolute Gasteiger partial charge is 0.269 e. The molecule has 3 N–H and O–H groups in total. The first-order valence-corrected chi connectivity index (χ1v) is 8.88. The van der Waals surface area contributed by atoms with Crippen LogP contribution in [0, 0.1) is 6.92 Å². The van der Waals surface area contributed by atoms with Gasteiger partial charge in [-0.15, -0.1) is 0 Å². The summed E-state index contributed by atoms with van der Waals surface area (Å²) in [6.07, 6.45) is 5.35. The number of anilines is 1. The third kappa shape index (κ3) is 3.91. The standard InChI is InChI=1S/C21H18N6O2/c1-14-12-23-27(13-14)18-6-2-15(3-7-18)21(29)24-16-4-8-17(9-5-16)26-11-10-19(25-26)20(22)28/h2-13H,1H3,(H2,22,28)(H,24,29). The van der Waals surface area contributed by atoms with E-state index in [-0.39, 0.29) is 11.6 Å². The predicted molar refractivity (Wildman–Crippen MR) is 108 cm³/mol. The number of nitrogens with zero attached hydrogens (tertiary/aromatic N) is 4. The average Bonchev–Trinajstić information content (AvgIpc) is 3.38. The lowest BCUT2D eigenvalue weighted by molar-refractivity contribution is 0.0993. The summed E-state index contributed by atoms with van der Waals surface area (Å²) in [5.41, 5.74) is 9.29. The van der Waals surface area contributed by atoms with Gasteiger partial charge in [0.15, 0.2) is 0 Å². The fraction of sp³-hybridized carbons (Fsp3) is 0.0476. The second kappa shape index (κ2) is 7.43. The second-order valence-corrected chi connectivity index (χ2v) is 6.52. The van der Waals surface area contributed by atoms with Crippen LogP contribution in [0.5, 0.6) is 0 Å². The van der Waals surface area contributed by atoms with Crippen LogP contribution < -0.4 is 11.1 Å². The highest BCUT2D eigenvalue weighted by molar-refractivity contribution is 6.04. The summed E-state index contributed by atoms with van der Waals surface area (Å²) in [6, 6.07) is 15.9. The van der Waals surface area contributed by atoms with Crippen molar-refractivity contribution in [1.29, 1.82) is 0 Å². The molecular weight excluding hydrogens is 368 g/mol. The molecule has 29 heavy (non-hydrogen) atoms. The Morgan fingerprint density at radius 1 is 0.931 bits per heavy atom. The zero-order chi connectivity index (χ0) is 20.4. The van der Waals surface area contributed by atoms with E-state index in [1.54, 1.807) is 64.2 Å². The summed E-state index contributed by atoms with van der Waals surface area (Å²) in [5, 5.41) is 11.2. The molecule has 8 heteroatoms. The van der Waals surface area contributed by atoms with Crippen LogP contribution in [0.15, 0.2) is 73.2 Å². The Labute approximate surface area is 166 Å². The van der Waals surface area contributed by atoms with E-state index in [1.165, 1.54) is 0 Å². The van der Waals surface area contributed by atoms with Gasteiger partial charge in [0.2, 0.25) is 0 Å². The lowest BCUT2D eigenvalue weighted by Gasteiger charge is -2.08. The van der Waals surface area contributed by atoms with Crippen LogP contribution in [0.3, 0.4) is 0 Å². The lowest BCUT2D eigenvalue weighted by Crippen LogP contribution is -2.12. The predicted octanol–water partition coefficient (Wildman–Crippen LogP) is 2.72. The molecule has 0 radical (unpaired) electrons. The van der Waals surface area contributed by atoms with Crippen LogP contribution >= 0.6 is 0 Å². The monoisotopic (exact) mass is 386 g/mol. The number of aromatic nitrogens is 4. The molecule has 144 valence electrons. The van der Waals surface area contributed by atoms with Crippen molar-refractivity contribution in [3.05, 3.63) is 90.0 Å². The van der Waals surface area contributed by atoms with E-state index >= 15 is 0 Å². The van der Waals surface area contributed by atoms with Crippen LogP contribution in [0.4, 0.5) is 5.69 Å². The number of carbonyl (C=O) groups excluding carboxylic acids is 2.